The first-order valence-corrected chi connectivity index (χ1v) is 6.56. The molecule has 0 saturated heterocycles. The molecule has 78 valence electrons. The van der Waals surface area contributed by atoms with Gasteiger partial charge >= 0.3 is 0 Å². The maximum absolute atomic E-state index is 11.7. The van der Waals surface area contributed by atoms with Gasteiger partial charge in [0.2, 0.25) is 0 Å². The molecule has 1 heterocycles. The molecule has 3 heteroatoms. The van der Waals surface area contributed by atoms with Crippen LogP contribution < -0.4 is 0 Å². The molecular weight excluding hydrogens is 260 g/mol. The molecule has 0 aromatic carbocycles. The fourth-order valence-electron chi connectivity index (χ4n) is 1.39. The maximum Gasteiger partial charge on any atom is 0.140 e. The molecule has 1 aromatic rings. The van der Waals surface area contributed by atoms with Gasteiger partial charge in [0.25, 0.3) is 0 Å². The number of hydrogen-bond donors (Lipinski definition) is 0. The van der Waals surface area contributed by atoms with Gasteiger partial charge in [-0.15, -0.1) is 11.3 Å². The van der Waals surface area contributed by atoms with Crippen molar-refractivity contribution in [2.45, 2.75) is 33.1 Å². The first kappa shape index (κ1) is 11.9. The van der Waals surface area contributed by atoms with Gasteiger partial charge in [-0.25, -0.2) is 0 Å². The summed E-state index contributed by atoms with van der Waals surface area (Å²) in [6.45, 7) is 4.14. The lowest BCUT2D eigenvalue weighted by atomic mass is 9.98. The van der Waals surface area contributed by atoms with Gasteiger partial charge in [0.1, 0.15) is 5.78 Å². The predicted octanol–water partition coefficient (Wildman–Crippen LogP) is 4.06. The summed E-state index contributed by atoms with van der Waals surface area (Å²) in [6, 6.07) is 2.03. The number of ketones is 1. The number of carbonyl (C=O) groups excluding carboxylic acids is 1. The van der Waals surface area contributed by atoms with E-state index in [1.165, 1.54) is 0 Å². The Labute approximate surface area is 97.7 Å². The third kappa shape index (κ3) is 3.54. The highest BCUT2D eigenvalue weighted by Gasteiger charge is 2.13. The quantitative estimate of drug-likeness (QED) is 0.792. The highest BCUT2D eigenvalue weighted by Crippen LogP contribution is 2.21. The molecule has 0 radical (unpaired) electrons. The van der Waals surface area contributed by atoms with Crippen LogP contribution in [0.15, 0.2) is 15.9 Å². The van der Waals surface area contributed by atoms with E-state index in [1.54, 1.807) is 11.3 Å². The van der Waals surface area contributed by atoms with Gasteiger partial charge in [-0.1, -0.05) is 20.3 Å². The van der Waals surface area contributed by atoms with E-state index in [1.807, 2.05) is 18.4 Å². The van der Waals surface area contributed by atoms with Crippen LogP contribution in [0, 0.1) is 5.92 Å². The summed E-state index contributed by atoms with van der Waals surface area (Å²) in [5, 5.41) is 2.02. The second kappa shape index (κ2) is 5.66. The Morgan fingerprint density at radius 3 is 2.86 bits per heavy atom. The van der Waals surface area contributed by atoms with Crippen molar-refractivity contribution in [3.8, 4) is 0 Å². The topological polar surface area (TPSA) is 17.1 Å². The van der Waals surface area contributed by atoms with Gasteiger partial charge in [-0.05, 0) is 28.4 Å². The smallest absolute Gasteiger partial charge is 0.140 e. The Hall–Kier alpha value is -0.150. The molecule has 0 amide bonds. The SMILES string of the molecule is CCCC(C)C(=O)Cc1cc(Br)cs1. The fraction of sp³-hybridized carbons (Fsp3) is 0.545. The van der Waals surface area contributed by atoms with Crippen LogP contribution >= 0.6 is 27.3 Å². The van der Waals surface area contributed by atoms with E-state index in [4.69, 9.17) is 0 Å². The number of hydrogen-bond acceptors (Lipinski definition) is 2. The molecule has 14 heavy (non-hydrogen) atoms. The normalized spacial score (nSPS) is 12.8. The first-order chi connectivity index (χ1) is 6.63. The van der Waals surface area contributed by atoms with E-state index in [9.17, 15) is 4.79 Å². The van der Waals surface area contributed by atoms with Crippen LogP contribution in [-0.4, -0.2) is 5.78 Å². The number of rotatable bonds is 5. The van der Waals surface area contributed by atoms with E-state index in [0.29, 0.717) is 12.2 Å². The highest BCUT2D eigenvalue weighted by atomic mass is 79.9. The number of thiophene rings is 1. The lowest BCUT2D eigenvalue weighted by Crippen LogP contribution is -2.12. The Kier molecular flexibility index (Phi) is 4.82. The van der Waals surface area contributed by atoms with Gasteiger partial charge in [-0.2, -0.15) is 0 Å². The largest absolute Gasteiger partial charge is 0.299 e. The monoisotopic (exact) mass is 274 g/mol. The summed E-state index contributed by atoms with van der Waals surface area (Å²) >= 11 is 5.03. The summed E-state index contributed by atoms with van der Waals surface area (Å²) in [6.07, 6.45) is 2.68. The number of Topliss-reactive ketones (excluding diaryl/α,β-unsaturated/α-hetero) is 1. The van der Waals surface area contributed by atoms with Gasteiger partial charge < -0.3 is 0 Å². The molecule has 0 spiro atoms. The van der Waals surface area contributed by atoms with Gasteiger partial charge in [0.15, 0.2) is 0 Å². The van der Waals surface area contributed by atoms with Gasteiger partial charge in [-0.3, -0.25) is 4.79 Å². The molecular formula is C11H15BrOS. The minimum absolute atomic E-state index is 0.209. The Balaban J connectivity index is 2.48. The summed E-state index contributed by atoms with van der Waals surface area (Å²) in [4.78, 5) is 12.9. The van der Waals surface area contributed by atoms with Crippen LogP contribution in [0.5, 0.6) is 0 Å². The second-order valence-corrected chi connectivity index (χ2v) is 5.48. The number of halogens is 1. The third-order valence-corrected chi connectivity index (χ3v) is 3.94. The van der Waals surface area contributed by atoms with Crippen LogP contribution in [0.2, 0.25) is 0 Å². The molecule has 1 nitrogen and oxygen atoms in total. The van der Waals surface area contributed by atoms with Crippen molar-refractivity contribution in [3.63, 3.8) is 0 Å². The minimum atomic E-state index is 0.209. The average molecular weight is 275 g/mol. The van der Waals surface area contributed by atoms with Crippen molar-refractivity contribution in [1.29, 1.82) is 0 Å². The molecule has 0 fully saturated rings. The van der Waals surface area contributed by atoms with Crippen molar-refractivity contribution in [1.82, 2.24) is 0 Å². The van der Waals surface area contributed by atoms with Crippen molar-refractivity contribution in [2.75, 3.05) is 0 Å². The average Bonchev–Trinajstić information content (AvgIpc) is 2.51. The molecule has 0 aliphatic heterocycles. The van der Waals surface area contributed by atoms with Gasteiger partial charge in [0.05, 0.1) is 0 Å². The summed E-state index contributed by atoms with van der Waals surface area (Å²) < 4.78 is 1.08. The van der Waals surface area contributed by atoms with Crippen LogP contribution in [-0.2, 0) is 11.2 Å². The molecule has 0 aliphatic carbocycles. The van der Waals surface area contributed by atoms with Crippen LogP contribution in [0.1, 0.15) is 31.6 Å². The second-order valence-electron chi connectivity index (χ2n) is 3.56. The zero-order valence-corrected chi connectivity index (χ0v) is 11.0. The van der Waals surface area contributed by atoms with E-state index in [2.05, 4.69) is 22.9 Å². The summed E-state index contributed by atoms with van der Waals surface area (Å²) in [7, 11) is 0. The third-order valence-electron chi connectivity index (χ3n) is 2.24. The highest BCUT2D eigenvalue weighted by molar-refractivity contribution is 9.10. The molecule has 1 rings (SSSR count). The summed E-state index contributed by atoms with van der Waals surface area (Å²) in [5.74, 6) is 0.571. The zero-order chi connectivity index (χ0) is 10.6. The van der Waals surface area contributed by atoms with E-state index in [-0.39, 0.29) is 5.92 Å². The van der Waals surface area contributed by atoms with E-state index >= 15 is 0 Å². The molecule has 1 aromatic heterocycles. The van der Waals surface area contributed by atoms with Crippen LogP contribution in [0.3, 0.4) is 0 Å². The molecule has 0 aliphatic rings. The lowest BCUT2D eigenvalue weighted by Gasteiger charge is -2.07. The molecule has 1 atom stereocenters. The fourth-order valence-corrected chi connectivity index (χ4v) is 2.85. The molecule has 0 bridgehead atoms. The Morgan fingerprint density at radius 1 is 1.64 bits per heavy atom. The maximum atomic E-state index is 11.7. The van der Waals surface area contributed by atoms with Crippen LogP contribution in [0.4, 0.5) is 0 Å². The predicted molar refractivity (Wildman–Crippen MR) is 64.8 cm³/mol. The van der Waals surface area contributed by atoms with E-state index < -0.39 is 0 Å². The Morgan fingerprint density at radius 2 is 2.36 bits per heavy atom. The van der Waals surface area contributed by atoms with Gasteiger partial charge in [0, 0.05) is 27.1 Å². The van der Waals surface area contributed by atoms with E-state index in [0.717, 1.165) is 22.2 Å². The lowest BCUT2D eigenvalue weighted by molar-refractivity contribution is -0.121. The number of carbonyl (C=O) groups is 1. The first-order valence-electron chi connectivity index (χ1n) is 4.89. The molecule has 1 unspecified atom stereocenters. The zero-order valence-electron chi connectivity index (χ0n) is 8.55. The standard InChI is InChI=1S/C11H15BrOS/c1-3-4-8(2)11(13)6-10-5-9(12)7-14-10/h5,7-8H,3-4,6H2,1-2H3. The van der Waals surface area contributed by atoms with Crippen LogP contribution in [0.25, 0.3) is 0 Å². The Bertz CT molecular complexity index is 306. The minimum Gasteiger partial charge on any atom is -0.299 e. The molecule has 0 saturated carbocycles. The van der Waals surface area contributed by atoms with Crippen molar-refractivity contribution in [2.24, 2.45) is 5.92 Å². The molecule has 0 N–H and O–H groups in total. The van der Waals surface area contributed by atoms with Crippen molar-refractivity contribution >= 4 is 33.0 Å². The van der Waals surface area contributed by atoms with Crippen molar-refractivity contribution in [3.05, 3.63) is 20.8 Å². The summed E-state index contributed by atoms with van der Waals surface area (Å²) in [5.41, 5.74) is 0. The van der Waals surface area contributed by atoms with Crippen molar-refractivity contribution < 1.29 is 4.79 Å².